The first-order valence-corrected chi connectivity index (χ1v) is 15.6. The van der Waals surface area contributed by atoms with Crippen LogP contribution in [0.3, 0.4) is 0 Å². The molecule has 1 atom stereocenters. The predicted molar refractivity (Wildman–Crippen MR) is 156 cm³/mol. The van der Waals surface area contributed by atoms with Crippen LogP contribution in [-0.2, 0) is 32.6 Å². The molecule has 8 nitrogen and oxygen atoms in total. The van der Waals surface area contributed by atoms with Crippen LogP contribution in [0.1, 0.15) is 36.8 Å². The van der Waals surface area contributed by atoms with Gasteiger partial charge in [-0.15, -0.1) is 0 Å². The molecule has 0 spiro atoms. The van der Waals surface area contributed by atoms with E-state index in [1.54, 1.807) is 24.3 Å². The maximum absolute atomic E-state index is 14.1. The second-order valence-electron chi connectivity index (χ2n) is 10.4. The highest BCUT2D eigenvalue weighted by molar-refractivity contribution is 7.92. The molecule has 0 unspecified atom stereocenters. The number of rotatable bonds is 12. The van der Waals surface area contributed by atoms with Crippen LogP contribution in [0.25, 0.3) is 0 Å². The van der Waals surface area contributed by atoms with Gasteiger partial charge in [-0.05, 0) is 48.2 Å². The summed E-state index contributed by atoms with van der Waals surface area (Å²) < 4.78 is 59.4. The molecule has 11 heteroatoms. The molecule has 0 bridgehead atoms. The van der Waals surface area contributed by atoms with Crippen LogP contribution in [0.5, 0.6) is 5.75 Å². The van der Waals surface area contributed by atoms with Gasteiger partial charge in [0.05, 0.1) is 19.1 Å². The lowest BCUT2D eigenvalue weighted by Gasteiger charge is -2.34. The van der Waals surface area contributed by atoms with E-state index in [4.69, 9.17) is 4.74 Å². The molecule has 1 aliphatic carbocycles. The third-order valence-electron chi connectivity index (χ3n) is 7.33. The lowest BCUT2D eigenvalue weighted by molar-refractivity contribution is -0.140. The van der Waals surface area contributed by atoms with Crippen molar-refractivity contribution in [3.8, 4) is 5.75 Å². The molecule has 2 amide bonds. The van der Waals surface area contributed by atoms with Crippen LogP contribution < -0.4 is 14.4 Å². The number of hydrogen-bond acceptors (Lipinski definition) is 5. The van der Waals surface area contributed by atoms with Gasteiger partial charge in [-0.25, -0.2) is 17.2 Å². The number of carbonyl (C=O) groups is 2. The fourth-order valence-corrected chi connectivity index (χ4v) is 5.98. The Labute approximate surface area is 245 Å². The number of hydrogen-bond donors (Lipinski definition) is 1. The minimum atomic E-state index is -4.11. The molecule has 1 saturated carbocycles. The molecule has 1 fully saturated rings. The number of benzene rings is 3. The third kappa shape index (κ3) is 8.06. The van der Waals surface area contributed by atoms with Gasteiger partial charge in [-0.1, -0.05) is 55.3 Å². The molecular weight excluding hydrogens is 564 g/mol. The molecule has 4 rings (SSSR count). The highest BCUT2D eigenvalue weighted by Crippen LogP contribution is 2.24. The topological polar surface area (TPSA) is 96.0 Å². The van der Waals surface area contributed by atoms with Gasteiger partial charge in [-0.3, -0.25) is 13.9 Å². The Balaban J connectivity index is 1.74. The second kappa shape index (κ2) is 13.8. The van der Waals surface area contributed by atoms with E-state index in [2.05, 4.69) is 5.32 Å². The molecule has 0 saturated heterocycles. The number of anilines is 1. The Morgan fingerprint density at radius 2 is 1.64 bits per heavy atom. The molecule has 42 heavy (non-hydrogen) atoms. The van der Waals surface area contributed by atoms with Crippen molar-refractivity contribution in [2.75, 3.05) is 24.2 Å². The molecule has 0 heterocycles. The van der Waals surface area contributed by atoms with E-state index in [-0.39, 0.29) is 30.6 Å². The number of halogens is 2. The average molecular weight is 600 g/mol. The molecular formula is C31H35F2N3O5S. The summed E-state index contributed by atoms with van der Waals surface area (Å²) in [5.74, 6) is -2.88. The van der Waals surface area contributed by atoms with Gasteiger partial charge in [0, 0.05) is 25.1 Å². The highest BCUT2D eigenvalue weighted by atomic mass is 32.2. The van der Waals surface area contributed by atoms with Gasteiger partial charge < -0.3 is 15.0 Å². The molecule has 3 aromatic rings. The first-order valence-electron chi connectivity index (χ1n) is 13.7. The van der Waals surface area contributed by atoms with Gasteiger partial charge in [-0.2, -0.15) is 0 Å². The van der Waals surface area contributed by atoms with Crippen molar-refractivity contribution in [3.05, 3.63) is 95.6 Å². The summed E-state index contributed by atoms with van der Waals surface area (Å²) in [5, 5.41) is 3.09. The maximum atomic E-state index is 14.1. The third-order valence-corrected chi connectivity index (χ3v) is 8.47. The fraction of sp³-hybridized carbons (Fsp3) is 0.355. The quantitative estimate of drug-likeness (QED) is 0.332. The molecule has 1 aliphatic rings. The normalized spacial score (nSPS) is 14.3. The van der Waals surface area contributed by atoms with E-state index in [0.717, 1.165) is 55.7 Å². The van der Waals surface area contributed by atoms with Crippen LogP contribution in [0.2, 0.25) is 0 Å². The first kappa shape index (κ1) is 31.0. The summed E-state index contributed by atoms with van der Waals surface area (Å²) in [6.07, 6.45) is 4.73. The number of ether oxygens (including phenoxy) is 1. The number of amides is 2. The number of sulfonamides is 1. The molecule has 224 valence electrons. The Morgan fingerprint density at radius 3 is 2.29 bits per heavy atom. The lowest BCUT2D eigenvalue weighted by Crippen LogP contribution is -2.54. The Morgan fingerprint density at radius 1 is 0.952 bits per heavy atom. The zero-order chi connectivity index (χ0) is 30.3. The zero-order valence-corrected chi connectivity index (χ0v) is 24.4. The monoisotopic (exact) mass is 599 g/mol. The van der Waals surface area contributed by atoms with E-state index < -0.39 is 40.2 Å². The summed E-state index contributed by atoms with van der Waals surface area (Å²) in [6, 6.07) is 17.9. The number of methoxy groups -OCH3 is 1. The molecule has 0 aliphatic heterocycles. The van der Waals surface area contributed by atoms with Crippen molar-refractivity contribution in [2.24, 2.45) is 0 Å². The molecule has 0 aromatic heterocycles. The van der Waals surface area contributed by atoms with Crippen molar-refractivity contribution < 1.29 is 31.5 Å². The van der Waals surface area contributed by atoms with E-state index in [1.807, 2.05) is 30.3 Å². The number of carbonyl (C=O) groups excluding carboxylic acids is 2. The Bertz CT molecular complexity index is 1500. The summed E-state index contributed by atoms with van der Waals surface area (Å²) in [5.41, 5.74) is 1.27. The average Bonchev–Trinajstić information content (AvgIpc) is 3.48. The van der Waals surface area contributed by atoms with E-state index in [0.29, 0.717) is 15.6 Å². The zero-order valence-electron chi connectivity index (χ0n) is 23.6. The van der Waals surface area contributed by atoms with E-state index >= 15 is 0 Å². The second-order valence-corrected chi connectivity index (χ2v) is 12.3. The number of nitrogens with zero attached hydrogens (tertiary/aromatic N) is 2. The first-order chi connectivity index (χ1) is 20.0. The Hall–Kier alpha value is -3.99. The van der Waals surface area contributed by atoms with Crippen LogP contribution in [0.4, 0.5) is 14.5 Å². The minimum absolute atomic E-state index is 0.0146. The van der Waals surface area contributed by atoms with Gasteiger partial charge in [0.2, 0.25) is 21.8 Å². The maximum Gasteiger partial charge on any atom is 0.244 e. The summed E-state index contributed by atoms with van der Waals surface area (Å²) in [7, 11) is -2.59. The SMILES string of the molecule is COc1cccc(CN(C(=O)CN(c2ccc(F)c(F)c2)S(C)(=O)=O)[C@H](Cc2ccccc2)C(=O)NC2CCCC2)c1. The fourth-order valence-electron chi connectivity index (χ4n) is 5.14. The predicted octanol–water partition coefficient (Wildman–Crippen LogP) is 4.44. The smallest absolute Gasteiger partial charge is 0.244 e. The van der Waals surface area contributed by atoms with Crippen molar-refractivity contribution >= 4 is 27.5 Å². The molecule has 1 N–H and O–H groups in total. The standard InChI is InChI=1S/C31H35F2N3O5S/c1-41-26-14-8-11-23(17-26)20-35(30(37)21-36(42(2,39)40)25-15-16-27(32)28(33)19-25)29(18-22-9-4-3-5-10-22)31(38)34-24-12-6-7-13-24/h3-5,8-11,14-17,19,24,29H,6-7,12-13,18,20-21H2,1-2H3,(H,34,38)/t29-/m1/s1. The largest absolute Gasteiger partial charge is 0.497 e. The van der Waals surface area contributed by atoms with Gasteiger partial charge in [0.15, 0.2) is 11.6 Å². The van der Waals surface area contributed by atoms with Crippen LogP contribution in [0, 0.1) is 11.6 Å². The van der Waals surface area contributed by atoms with Gasteiger partial charge in [0.25, 0.3) is 0 Å². The highest BCUT2D eigenvalue weighted by Gasteiger charge is 2.34. The van der Waals surface area contributed by atoms with Crippen molar-refractivity contribution in [1.29, 1.82) is 0 Å². The lowest BCUT2D eigenvalue weighted by atomic mass is 10.0. The van der Waals surface area contributed by atoms with Crippen LogP contribution >= 0.6 is 0 Å². The molecule has 0 radical (unpaired) electrons. The van der Waals surface area contributed by atoms with Crippen LogP contribution in [-0.4, -0.2) is 57.1 Å². The minimum Gasteiger partial charge on any atom is -0.497 e. The van der Waals surface area contributed by atoms with E-state index in [1.165, 1.54) is 12.0 Å². The summed E-state index contributed by atoms with van der Waals surface area (Å²) >= 11 is 0. The van der Waals surface area contributed by atoms with Gasteiger partial charge >= 0.3 is 0 Å². The van der Waals surface area contributed by atoms with Crippen molar-refractivity contribution in [1.82, 2.24) is 10.2 Å². The van der Waals surface area contributed by atoms with E-state index in [9.17, 15) is 26.8 Å². The summed E-state index contributed by atoms with van der Waals surface area (Å²) in [4.78, 5) is 29.3. The van der Waals surface area contributed by atoms with Gasteiger partial charge in [0.1, 0.15) is 18.3 Å². The number of nitrogens with one attached hydrogen (secondary N) is 1. The van der Waals surface area contributed by atoms with Crippen molar-refractivity contribution in [2.45, 2.75) is 50.7 Å². The van der Waals surface area contributed by atoms with Crippen molar-refractivity contribution in [3.63, 3.8) is 0 Å². The molecule has 3 aromatic carbocycles. The summed E-state index contributed by atoms with van der Waals surface area (Å²) in [6.45, 7) is -0.753. The van der Waals surface area contributed by atoms with Crippen LogP contribution in [0.15, 0.2) is 72.8 Å². The Kier molecular flexibility index (Phi) is 10.2.